The summed E-state index contributed by atoms with van der Waals surface area (Å²) < 4.78 is 29.1. The lowest BCUT2D eigenvalue weighted by Crippen LogP contribution is -2.66. The Hall–Kier alpha value is -0.210. The maximum atomic E-state index is 11.0. The number of nitrogens with two attached hydrogens (primary N) is 1. The summed E-state index contributed by atoms with van der Waals surface area (Å²) in [6, 6.07) is 0. The molecule has 0 aromatic rings. The Morgan fingerprint density at radius 1 is 1.41 bits per heavy atom. The van der Waals surface area contributed by atoms with Gasteiger partial charge in [0, 0.05) is 25.0 Å². The number of hydrogen-bond acceptors (Lipinski definition) is 4. The number of hydrogen-bond donors (Lipinski definition) is 1. The highest BCUT2D eigenvalue weighted by molar-refractivity contribution is 7.86. The Balaban J connectivity index is 1.64. The zero-order valence-corrected chi connectivity index (χ0v) is 11.2. The third kappa shape index (κ3) is 2.97. The first-order valence-corrected chi connectivity index (χ1v) is 7.35. The van der Waals surface area contributed by atoms with Crippen molar-refractivity contribution in [3.63, 3.8) is 0 Å². The molecule has 1 saturated carbocycles. The van der Waals surface area contributed by atoms with Crippen LogP contribution in [0.15, 0.2) is 0 Å². The zero-order chi connectivity index (χ0) is 12.7. The Kier molecular flexibility index (Phi) is 3.48. The van der Waals surface area contributed by atoms with Crippen molar-refractivity contribution in [2.75, 3.05) is 40.3 Å². The van der Waals surface area contributed by atoms with Gasteiger partial charge in [0.15, 0.2) is 0 Å². The maximum Gasteiger partial charge on any atom is 0.276 e. The topological polar surface area (TPSA) is 75.9 Å². The summed E-state index contributed by atoms with van der Waals surface area (Å²) in [4.78, 5) is 2.08. The predicted octanol–water partition coefficient (Wildman–Crippen LogP) is -0.767. The normalized spacial score (nSPS) is 24.9. The van der Waals surface area contributed by atoms with Crippen LogP contribution in [0, 0.1) is 5.41 Å². The van der Waals surface area contributed by atoms with Crippen LogP contribution in [0.4, 0.5) is 0 Å². The molecule has 0 amide bonds. The Bertz CT molecular complexity index is 368. The van der Waals surface area contributed by atoms with Gasteiger partial charge in [-0.05, 0) is 26.9 Å². The largest absolute Gasteiger partial charge is 0.377 e. The van der Waals surface area contributed by atoms with Crippen molar-refractivity contribution in [2.45, 2.75) is 18.9 Å². The third-order valence-electron chi connectivity index (χ3n) is 3.60. The molecular formula is C10H21N3O3S. The van der Waals surface area contributed by atoms with Gasteiger partial charge in [-0.1, -0.05) is 0 Å². The first-order chi connectivity index (χ1) is 7.81. The van der Waals surface area contributed by atoms with Gasteiger partial charge in [-0.15, -0.1) is 0 Å². The molecule has 1 aliphatic carbocycles. The second-order valence-electron chi connectivity index (χ2n) is 5.52. The van der Waals surface area contributed by atoms with Gasteiger partial charge < -0.3 is 9.64 Å². The fourth-order valence-corrected chi connectivity index (χ4v) is 3.47. The van der Waals surface area contributed by atoms with E-state index in [2.05, 4.69) is 4.90 Å². The standard InChI is InChI=1S/C10H21N3O3S/c1-12(2)3-4-16-9-5-10(6-9)7-13(8-10)17(11,14)15/h9H,3-8H2,1-2H3,(H2,11,14,15). The predicted molar refractivity (Wildman–Crippen MR) is 64.6 cm³/mol. The van der Waals surface area contributed by atoms with Gasteiger partial charge in [-0.2, -0.15) is 12.7 Å². The first kappa shape index (κ1) is 13.2. The minimum Gasteiger partial charge on any atom is -0.377 e. The molecule has 0 bridgehead atoms. The van der Waals surface area contributed by atoms with E-state index in [1.54, 1.807) is 0 Å². The molecule has 0 radical (unpaired) electrons. The van der Waals surface area contributed by atoms with Crippen molar-refractivity contribution in [3.05, 3.63) is 0 Å². The molecule has 1 aliphatic heterocycles. The Morgan fingerprint density at radius 3 is 2.47 bits per heavy atom. The highest BCUT2D eigenvalue weighted by atomic mass is 32.2. The van der Waals surface area contributed by atoms with Gasteiger partial charge >= 0.3 is 0 Å². The van der Waals surface area contributed by atoms with Crippen molar-refractivity contribution in [1.29, 1.82) is 0 Å². The molecule has 2 aliphatic rings. The highest BCUT2D eigenvalue weighted by Crippen LogP contribution is 2.49. The average molecular weight is 263 g/mol. The summed E-state index contributed by atoms with van der Waals surface area (Å²) in [6.45, 7) is 2.80. The fraction of sp³-hybridized carbons (Fsp3) is 1.00. The van der Waals surface area contributed by atoms with Crippen molar-refractivity contribution >= 4 is 10.2 Å². The summed E-state index contributed by atoms with van der Waals surface area (Å²) in [5.41, 5.74) is 0.162. The number of ether oxygens (including phenoxy) is 1. The van der Waals surface area contributed by atoms with Crippen LogP contribution in [0.1, 0.15) is 12.8 Å². The lowest BCUT2D eigenvalue weighted by Gasteiger charge is -2.57. The van der Waals surface area contributed by atoms with E-state index in [1.807, 2.05) is 14.1 Å². The lowest BCUT2D eigenvalue weighted by atomic mass is 9.63. The zero-order valence-electron chi connectivity index (χ0n) is 10.4. The summed E-state index contributed by atoms with van der Waals surface area (Å²) in [6.07, 6.45) is 2.23. The van der Waals surface area contributed by atoms with Crippen LogP contribution in [0.2, 0.25) is 0 Å². The third-order valence-corrected chi connectivity index (χ3v) is 4.57. The van der Waals surface area contributed by atoms with Crippen LogP contribution in [0.5, 0.6) is 0 Å². The van der Waals surface area contributed by atoms with E-state index in [-0.39, 0.29) is 5.41 Å². The smallest absolute Gasteiger partial charge is 0.276 e. The Morgan fingerprint density at radius 2 is 2.00 bits per heavy atom. The van der Waals surface area contributed by atoms with E-state index in [0.717, 1.165) is 26.0 Å². The minimum atomic E-state index is -3.47. The van der Waals surface area contributed by atoms with Crippen LogP contribution >= 0.6 is 0 Å². The van der Waals surface area contributed by atoms with Gasteiger partial charge in [-0.3, -0.25) is 0 Å². The fourth-order valence-electron chi connectivity index (χ4n) is 2.57. The molecule has 100 valence electrons. The number of rotatable bonds is 5. The van der Waals surface area contributed by atoms with Gasteiger partial charge in [0.1, 0.15) is 0 Å². The van der Waals surface area contributed by atoms with E-state index in [9.17, 15) is 8.42 Å². The number of nitrogens with zero attached hydrogens (tertiary/aromatic N) is 2. The molecule has 6 nitrogen and oxygen atoms in total. The molecule has 0 aromatic heterocycles. The van der Waals surface area contributed by atoms with E-state index in [4.69, 9.17) is 9.88 Å². The average Bonchev–Trinajstić information content (AvgIpc) is 2.02. The van der Waals surface area contributed by atoms with Gasteiger partial charge in [0.25, 0.3) is 10.2 Å². The lowest BCUT2D eigenvalue weighted by molar-refractivity contribution is -0.129. The van der Waals surface area contributed by atoms with E-state index >= 15 is 0 Å². The molecule has 2 N–H and O–H groups in total. The SMILES string of the molecule is CN(C)CCOC1CC2(C1)CN(S(N)(=O)=O)C2. The first-order valence-electron chi connectivity index (χ1n) is 5.85. The van der Waals surface area contributed by atoms with E-state index in [1.165, 1.54) is 4.31 Å². The van der Waals surface area contributed by atoms with Crippen molar-refractivity contribution in [1.82, 2.24) is 9.21 Å². The van der Waals surface area contributed by atoms with Gasteiger partial charge in [0.05, 0.1) is 12.7 Å². The van der Waals surface area contributed by atoms with Crippen LogP contribution in [0.3, 0.4) is 0 Å². The molecule has 2 fully saturated rings. The molecule has 0 aromatic carbocycles. The second-order valence-corrected chi connectivity index (χ2v) is 7.06. The molecule has 0 unspecified atom stereocenters. The molecule has 2 rings (SSSR count). The molecule has 1 spiro atoms. The van der Waals surface area contributed by atoms with Crippen molar-refractivity contribution < 1.29 is 13.2 Å². The van der Waals surface area contributed by atoms with Crippen LogP contribution < -0.4 is 5.14 Å². The van der Waals surface area contributed by atoms with E-state index < -0.39 is 10.2 Å². The van der Waals surface area contributed by atoms with Gasteiger partial charge in [-0.25, -0.2) is 5.14 Å². The highest BCUT2D eigenvalue weighted by Gasteiger charge is 2.55. The summed E-state index contributed by atoms with van der Waals surface area (Å²) in [7, 11) is 0.558. The van der Waals surface area contributed by atoms with Crippen LogP contribution in [-0.2, 0) is 14.9 Å². The summed E-state index contributed by atoms with van der Waals surface area (Å²) >= 11 is 0. The second kappa shape index (κ2) is 4.47. The van der Waals surface area contributed by atoms with Gasteiger partial charge in [0.2, 0.25) is 0 Å². The molecule has 1 saturated heterocycles. The van der Waals surface area contributed by atoms with Crippen molar-refractivity contribution in [2.24, 2.45) is 10.6 Å². The van der Waals surface area contributed by atoms with E-state index in [0.29, 0.717) is 19.2 Å². The minimum absolute atomic E-state index is 0.162. The maximum absolute atomic E-state index is 11.0. The molecule has 1 heterocycles. The number of likely N-dealkylation sites (N-methyl/N-ethyl adjacent to an activating group) is 1. The monoisotopic (exact) mass is 263 g/mol. The summed E-state index contributed by atoms with van der Waals surface area (Å²) in [5.74, 6) is 0. The Labute approximate surface area is 103 Å². The molecule has 7 heteroatoms. The van der Waals surface area contributed by atoms with Crippen molar-refractivity contribution in [3.8, 4) is 0 Å². The van der Waals surface area contributed by atoms with Crippen LogP contribution in [0.25, 0.3) is 0 Å². The molecular weight excluding hydrogens is 242 g/mol. The quantitative estimate of drug-likeness (QED) is 0.707. The summed E-state index contributed by atoms with van der Waals surface area (Å²) in [5, 5.41) is 5.05. The molecule has 17 heavy (non-hydrogen) atoms. The molecule has 0 atom stereocenters. The van der Waals surface area contributed by atoms with Crippen LogP contribution in [-0.4, -0.2) is 64.1 Å².